The van der Waals surface area contributed by atoms with Gasteiger partial charge in [0, 0.05) is 18.7 Å². The second-order valence-electron chi connectivity index (χ2n) is 4.38. The third-order valence-electron chi connectivity index (χ3n) is 3.12. The Hall–Kier alpha value is -1.70. The first-order valence-corrected chi connectivity index (χ1v) is 7.85. The van der Waals surface area contributed by atoms with Crippen LogP contribution in [0.3, 0.4) is 0 Å². The Morgan fingerprint density at radius 1 is 1.25 bits per heavy atom. The molecule has 0 bridgehead atoms. The van der Waals surface area contributed by atoms with E-state index in [0.717, 1.165) is 17.5 Å². The quantitative estimate of drug-likeness (QED) is 0.737. The first kappa shape index (κ1) is 14.7. The maximum absolute atomic E-state index is 12.2. The summed E-state index contributed by atoms with van der Waals surface area (Å²) in [7, 11) is -3.63. The molecule has 0 aliphatic heterocycles. The minimum absolute atomic E-state index is 0.0361. The Morgan fingerprint density at radius 2 is 1.95 bits per heavy atom. The molecule has 0 aliphatic carbocycles. The van der Waals surface area contributed by atoms with Crippen LogP contribution < -0.4 is 10.5 Å². The Kier molecular flexibility index (Phi) is 4.53. The minimum atomic E-state index is -3.63. The highest BCUT2D eigenvalue weighted by molar-refractivity contribution is 7.89. The number of H-pyrrole nitrogens is 1. The normalized spacial score (nSPS) is 11.7. The number of aryl methyl sites for hydroxylation is 1. The smallest absolute Gasteiger partial charge is 0.258 e. The van der Waals surface area contributed by atoms with Crippen molar-refractivity contribution >= 4 is 10.0 Å². The molecule has 6 nitrogen and oxygen atoms in total. The summed E-state index contributed by atoms with van der Waals surface area (Å²) in [6, 6.07) is 7.74. The van der Waals surface area contributed by atoms with Gasteiger partial charge in [0.25, 0.3) is 10.0 Å². The van der Waals surface area contributed by atoms with Gasteiger partial charge in [0.05, 0.1) is 6.20 Å². The highest BCUT2D eigenvalue weighted by Gasteiger charge is 2.20. The van der Waals surface area contributed by atoms with Crippen LogP contribution in [0, 0.1) is 0 Å². The zero-order valence-corrected chi connectivity index (χ0v) is 12.1. The number of sulfonamides is 1. The highest BCUT2D eigenvalue weighted by atomic mass is 32.2. The van der Waals surface area contributed by atoms with Gasteiger partial charge in [-0.2, -0.15) is 5.10 Å². The fourth-order valence-electron chi connectivity index (χ4n) is 2.00. The molecule has 0 atom stereocenters. The third-order valence-corrected chi connectivity index (χ3v) is 4.53. The predicted molar refractivity (Wildman–Crippen MR) is 76.3 cm³/mol. The van der Waals surface area contributed by atoms with Gasteiger partial charge in [0.15, 0.2) is 5.03 Å². The lowest BCUT2D eigenvalue weighted by molar-refractivity contribution is 0.575. The molecule has 108 valence electrons. The van der Waals surface area contributed by atoms with E-state index in [1.807, 2.05) is 31.2 Å². The van der Waals surface area contributed by atoms with Crippen LogP contribution in [0.15, 0.2) is 35.5 Å². The molecule has 0 aliphatic rings. The van der Waals surface area contributed by atoms with Crippen LogP contribution in [0.1, 0.15) is 23.6 Å². The number of aromatic amines is 1. The molecule has 0 amide bonds. The van der Waals surface area contributed by atoms with Crippen LogP contribution in [-0.2, 0) is 29.5 Å². The van der Waals surface area contributed by atoms with Crippen molar-refractivity contribution in [1.29, 1.82) is 0 Å². The van der Waals surface area contributed by atoms with E-state index in [9.17, 15) is 8.42 Å². The minimum Gasteiger partial charge on any atom is -0.326 e. The third kappa shape index (κ3) is 3.06. The van der Waals surface area contributed by atoms with Gasteiger partial charge in [0.1, 0.15) is 0 Å². The van der Waals surface area contributed by atoms with E-state index in [1.165, 1.54) is 6.20 Å². The number of rotatable bonds is 6. The second kappa shape index (κ2) is 6.17. The molecular formula is C13H18N4O2S. The highest BCUT2D eigenvalue weighted by Crippen LogP contribution is 2.13. The molecule has 4 N–H and O–H groups in total. The molecule has 2 aromatic rings. The fraction of sp³-hybridized carbons (Fsp3) is 0.308. The molecular weight excluding hydrogens is 276 g/mol. The van der Waals surface area contributed by atoms with Crippen LogP contribution in [0.5, 0.6) is 0 Å². The van der Waals surface area contributed by atoms with E-state index in [0.29, 0.717) is 5.56 Å². The van der Waals surface area contributed by atoms with Gasteiger partial charge in [-0.15, -0.1) is 0 Å². The monoisotopic (exact) mass is 294 g/mol. The molecule has 0 spiro atoms. The average Bonchev–Trinajstić information content (AvgIpc) is 2.95. The SMILES string of the molecule is CCc1ccccc1CNS(=O)(=O)c1[nH]ncc1CN. The first-order valence-electron chi connectivity index (χ1n) is 6.37. The summed E-state index contributed by atoms with van der Waals surface area (Å²) in [5.41, 5.74) is 8.05. The summed E-state index contributed by atoms with van der Waals surface area (Å²) in [4.78, 5) is 0. The van der Waals surface area contributed by atoms with Gasteiger partial charge >= 0.3 is 0 Å². The van der Waals surface area contributed by atoms with E-state index in [4.69, 9.17) is 5.73 Å². The largest absolute Gasteiger partial charge is 0.326 e. The number of hydrogen-bond donors (Lipinski definition) is 3. The van der Waals surface area contributed by atoms with Crippen molar-refractivity contribution in [3.05, 3.63) is 47.2 Å². The second-order valence-corrected chi connectivity index (χ2v) is 6.08. The lowest BCUT2D eigenvalue weighted by Gasteiger charge is -2.09. The molecule has 2 rings (SSSR count). The van der Waals surface area contributed by atoms with Crippen LogP contribution >= 0.6 is 0 Å². The molecule has 1 heterocycles. The Labute approximate surface area is 118 Å². The number of nitrogens with one attached hydrogen (secondary N) is 2. The van der Waals surface area contributed by atoms with Gasteiger partial charge < -0.3 is 5.73 Å². The summed E-state index contributed by atoms with van der Waals surface area (Å²) in [6.45, 7) is 2.41. The maximum atomic E-state index is 12.2. The Morgan fingerprint density at radius 3 is 2.60 bits per heavy atom. The lowest BCUT2D eigenvalue weighted by Crippen LogP contribution is -2.25. The predicted octanol–water partition coefficient (Wildman–Crippen LogP) is 0.909. The van der Waals surface area contributed by atoms with E-state index >= 15 is 0 Å². The van der Waals surface area contributed by atoms with Crippen molar-refractivity contribution in [2.75, 3.05) is 0 Å². The van der Waals surface area contributed by atoms with Crippen molar-refractivity contribution in [1.82, 2.24) is 14.9 Å². The molecule has 0 radical (unpaired) electrons. The summed E-state index contributed by atoms with van der Waals surface area (Å²) < 4.78 is 27.0. The number of aromatic nitrogens is 2. The van der Waals surface area contributed by atoms with Crippen LogP contribution in [0.25, 0.3) is 0 Å². The molecule has 1 aromatic carbocycles. The van der Waals surface area contributed by atoms with Crippen LogP contribution in [0.4, 0.5) is 0 Å². The molecule has 0 fully saturated rings. The lowest BCUT2D eigenvalue weighted by atomic mass is 10.1. The first-order chi connectivity index (χ1) is 9.58. The molecule has 20 heavy (non-hydrogen) atoms. The fourth-order valence-corrected chi connectivity index (χ4v) is 3.14. The molecule has 0 unspecified atom stereocenters. The summed E-state index contributed by atoms with van der Waals surface area (Å²) >= 11 is 0. The van der Waals surface area contributed by atoms with E-state index in [2.05, 4.69) is 14.9 Å². The molecule has 1 aromatic heterocycles. The molecule has 0 saturated heterocycles. The molecule has 7 heteroatoms. The summed E-state index contributed by atoms with van der Waals surface area (Å²) in [5, 5.41) is 6.24. The van der Waals surface area contributed by atoms with Gasteiger partial charge in [-0.1, -0.05) is 31.2 Å². The topological polar surface area (TPSA) is 101 Å². The Balaban J connectivity index is 2.18. The van der Waals surface area contributed by atoms with Crippen molar-refractivity contribution in [3.63, 3.8) is 0 Å². The van der Waals surface area contributed by atoms with Gasteiger partial charge in [-0.3, -0.25) is 5.10 Å². The number of nitrogens with zero attached hydrogens (tertiary/aromatic N) is 1. The van der Waals surface area contributed by atoms with Gasteiger partial charge in [0.2, 0.25) is 0 Å². The van der Waals surface area contributed by atoms with Crippen LogP contribution in [-0.4, -0.2) is 18.6 Å². The van der Waals surface area contributed by atoms with Crippen molar-refractivity contribution in [2.45, 2.75) is 31.5 Å². The van der Waals surface area contributed by atoms with E-state index in [-0.39, 0.29) is 18.1 Å². The molecule has 0 saturated carbocycles. The average molecular weight is 294 g/mol. The van der Waals surface area contributed by atoms with Crippen molar-refractivity contribution < 1.29 is 8.42 Å². The van der Waals surface area contributed by atoms with Crippen molar-refractivity contribution in [2.24, 2.45) is 5.73 Å². The zero-order valence-electron chi connectivity index (χ0n) is 11.3. The zero-order chi connectivity index (χ0) is 14.6. The number of benzene rings is 1. The van der Waals surface area contributed by atoms with Gasteiger partial charge in [-0.25, -0.2) is 13.1 Å². The summed E-state index contributed by atoms with van der Waals surface area (Å²) in [5.74, 6) is 0. The standard InChI is InChI=1S/C13H18N4O2S/c1-2-10-5-3-4-6-11(10)9-16-20(18,19)13-12(7-14)8-15-17-13/h3-6,8,16H,2,7,9,14H2,1H3,(H,15,17). The van der Waals surface area contributed by atoms with Gasteiger partial charge in [-0.05, 0) is 17.5 Å². The number of hydrogen-bond acceptors (Lipinski definition) is 4. The van der Waals surface area contributed by atoms with Crippen LogP contribution in [0.2, 0.25) is 0 Å². The van der Waals surface area contributed by atoms with E-state index in [1.54, 1.807) is 0 Å². The van der Waals surface area contributed by atoms with E-state index < -0.39 is 10.0 Å². The maximum Gasteiger partial charge on any atom is 0.258 e. The summed E-state index contributed by atoms with van der Waals surface area (Å²) in [6.07, 6.45) is 2.28. The number of nitrogens with two attached hydrogens (primary N) is 1. The Bertz CT molecular complexity index is 679. The van der Waals surface area contributed by atoms with Crippen molar-refractivity contribution in [3.8, 4) is 0 Å².